The van der Waals surface area contributed by atoms with Crippen LogP contribution in [0.5, 0.6) is 0 Å². The van der Waals surface area contributed by atoms with E-state index in [1.54, 1.807) is 27.7 Å². The van der Waals surface area contributed by atoms with Crippen LogP contribution in [0, 0.1) is 23.7 Å². The molecule has 2 saturated heterocycles. The first-order valence-electron chi connectivity index (χ1n) is 19.1. The summed E-state index contributed by atoms with van der Waals surface area (Å²) in [6.45, 7) is 20.1. The zero-order valence-corrected chi connectivity index (χ0v) is 33.9. The Kier molecular flexibility index (Phi) is 17.7. The van der Waals surface area contributed by atoms with Crippen LogP contribution in [-0.4, -0.2) is 137 Å². The molecule has 0 aromatic heterocycles. The quantitative estimate of drug-likeness (QED) is 0.122. The van der Waals surface area contributed by atoms with E-state index in [0.29, 0.717) is 6.42 Å². The number of esters is 1. The summed E-state index contributed by atoms with van der Waals surface area (Å²) in [7, 11) is 5.34. The zero-order valence-electron chi connectivity index (χ0n) is 33.9. The molecule has 302 valence electrons. The van der Waals surface area contributed by atoms with Gasteiger partial charge >= 0.3 is 5.97 Å². The Morgan fingerprint density at radius 3 is 2.20 bits per heavy atom. The number of hydrogen-bond acceptors (Lipinski definition) is 13. The molecule has 0 aromatic carbocycles. The number of carbonyl (C=O) groups excluding carboxylic acids is 1. The summed E-state index contributed by atoms with van der Waals surface area (Å²) in [4.78, 5) is 16.0. The van der Waals surface area contributed by atoms with Gasteiger partial charge in [0.2, 0.25) is 0 Å². The monoisotopic (exact) mass is 735 g/mol. The fourth-order valence-electron chi connectivity index (χ4n) is 7.82. The van der Waals surface area contributed by atoms with Gasteiger partial charge in [0.1, 0.15) is 23.9 Å². The van der Waals surface area contributed by atoms with Crippen molar-refractivity contribution in [3.63, 3.8) is 0 Å². The minimum Gasteiger partial charge on any atom is -0.459 e. The van der Waals surface area contributed by atoms with Crippen LogP contribution in [0.3, 0.4) is 0 Å². The van der Waals surface area contributed by atoms with Crippen molar-refractivity contribution in [1.82, 2.24) is 4.90 Å². The van der Waals surface area contributed by atoms with E-state index in [0.717, 1.165) is 12.8 Å². The Hall–Kier alpha value is -0.970. The smallest absolute Gasteiger partial charge is 0.311 e. The van der Waals surface area contributed by atoms with Crippen molar-refractivity contribution in [1.29, 1.82) is 0 Å². The topological polar surface area (TPSA) is 183 Å². The molecule has 2 fully saturated rings. The molecule has 2 aliphatic heterocycles. The summed E-state index contributed by atoms with van der Waals surface area (Å²) < 4.78 is 36.8. The molecule has 2 heterocycles. The SMILES string of the molecule is CCC[C@@H](C)[C@H](N)[C@H](C)[C@@H](O)[C@](C)(O)[C@@H](CC)OC(=O)[C@H](C)[C@@H](O[C@H]1C[C@@](C)(OC)[C@@H](O)[C@H](C)O1)[C@H](C)[C@H](C)O[C@@H]1O[C@H](C)C[C@H](N(C)C)[C@H]1O. The molecule has 0 amide bonds. The van der Waals surface area contributed by atoms with Crippen molar-refractivity contribution >= 4 is 5.97 Å². The number of aliphatic hydroxyl groups is 4. The zero-order chi connectivity index (χ0) is 39.2. The van der Waals surface area contributed by atoms with Crippen LogP contribution in [0.25, 0.3) is 0 Å². The summed E-state index contributed by atoms with van der Waals surface area (Å²) >= 11 is 0. The normalized spacial score (nSPS) is 35.5. The third kappa shape index (κ3) is 11.3. The van der Waals surface area contributed by atoms with Crippen LogP contribution in [0.2, 0.25) is 0 Å². The van der Waals surface area contributed by atoms with E-state index in [1.165, 1.54) is 14.0 Å². The van der Waals surface area contributed by atoms with Crippen molar-refractivity contribution < 1.29 is 53.6 Å². The van der Waals surface area contributed by atoms with Crippen molar-refractivity contribution in [2.45, 2.75) is 193 Å². The van der Waals surface area contributed by atoms with Gasteiger partial charge in [-0.05, 0) is 80.8 Å². The first-order chi connectivity index (χ1) is 23.6. The second kappa shape index (κ2) is 19.6. The van der Waals surface area contributed by atoms with Gasteiger partial charge in [-0.3, -0.25) is 4.79 Å². The summed E-state index contributed by atoms with van der Waals surface area (Å²) in [5, 5.41) is 45.1. The molecule has 0 aliphatic carbocycles. The molecule has 18 atom stereocenters. The Morgan fingerprint density at radius 2 is 1.67 bits per heavy atom. The van der Waals surface area contributed by atoms with E-state index in [4.69, 9.17) is 34.2 Å². The van der Waals surface area contributed by atoms with Crippen molar-refractivity contribution in [2.75, 3.05) is 21.2 Å². The van der Waals surface area contributed by atoms with Gasteiger partial charge in [-0.1, -0.05) is 41.0 Å². The number of aliphatic hydroxyl groups excluding tert-OH is 3. The molecule has 0 unspecified atom stereocenters. The van der Waals surface area contributed by atoms with Crippen LogP contribution in [0.4, 0.5) is 0 Å². The molecule has 0 bridgehead atoms. The Balaban J connectivity index is 2.37. The third-order valence-electron chi connectivity index (χ3n) is 11.9. The molecular weight excluding hydrogens is 660 g/mol. The van der Waals surface area contributed by atoms with Crippen LogP contribution in [0.15, 0.2) is 0 Å². The van der Waals surface area contributed by atoms with E-state index < -0.39 is 90.2 Å². The largest absolute Gasteiger partial charge is 0.459 e. The van der Waals surface area contributed by atoms with Gasteiger partial charge in [0.15, 0.2) is 12.6 Å². The minimum atomic E-state index is -1.79. The number of ether oxygens (including phenoxy) is 6. The van der Waals surface area contributed by atoms with Crippen LogP contribution in [-0.2, 0) is 33.2 Å². The number of likely N-dealkylation sites (N-methyl/N-ethyl adjacent to an activating group) is 1. The Labute approximate surface area is 307 Å². The summed E-state index contributed by atoms with van der Waals surface area (Å²) in [6.07, 6.45) is -5.14. The average Bonchev–Trinajstić information content (AvgIpc) is 3.07. The number of carbonyl (C=O) groups is 1. The Morgan fingerprint density at radius 1 is 1.06 bits per heavy atom. The third-order valence-corrected chi connectivity index (χ3v) is 11.9. The van der Waals surface area contributed by atoms with E-state index in [-0.39, 0.29) is 36.9 Å². The molecule has 0 radical (unpaired) electrons. The minimum absolute atomic E-state index is 0.129. The molecule has 2 rings (SSSR count). The highest BCUT2D eigenvalue weighted by molar-refractivity contribution is 5.73. The number of hydrogen-bond donors (Lipinski definition) is 5. The van der Waals surface area contributed by atoms with Gasteiger partial charge in [0.05, 0.1) is 42.0 Å². The summed E-state index contributed by atoms with van der Waals surface area (Å²) in [6, 6.07) is -0.533. The van der Waals surface area contributed by atoms with E-state index in [9.17, 15) is 25.2 Å². The van der Waals surface area contributed by atoms with Gasteiger partial charge < -0.3 is 59.5 Å². The fraction of sp³-hybridized carbons (Fsp3) is 0.974. The highest BCUT2D eigenvalue weighted by atomic mass is 16.7. The summed E-state index contributed by atoms with van der Waals surface area (Å²) in [5.41, 5.74) is 3.75. The second-order valence-corrected chi connectivity index (χ2v) is 16.3. The van der Waals surface area contributed by atoms with Gasteiger partial charge in [0.25, 0.3) is 0 Å². The number of rotatable bonds is 19. The molecule has 13 nitrogen and oxygen atoms in total. The lowest BCUT2D eigenvalue weighted by Gasteiger charge is -2.46. The van der Waals surface area contributed by atoms with Crippen molar-refractivity contribution in [3.05, 3.63) is 0 Å². The highest BCUT2D eigenvalue weighted by Crippen LogP contribution is 2.37. The molecule has 6 N–H and O–H groups in total. The van der Waals surface area contributed by atoms with E-state index >= 15 is 0 Å². The molecule has 0 aromatic rings. The second-order valence-electron chi connectivity index (χ2n) is 16.3. The fourth-order valence-corrected chi connectivity index (χ4v) is 7.82. The number of methoxy groups -OCH3 is 1. The van der Waals surface area contributed by atoms with Gasteiger partial charge in [-0.25, -0.2) is 0 Å². The lowest BCUT2D eigenvalue weighted by molar-refractivity contribution is -0.305. The van der Waals surface area contributed by atoms with E-state index in [2.05, 4.69) is 6.92 Å². The van der Waals surface area contributed by atoms with Crippen LogP contribution in [0.1, 0.15) is 108 Å². The molecule has 13 heteroatoms. The summed E-state index contributed by atoms with van der Waals surface area (Å²) in [5.74, 6) is -2.35. The maximum Gasteiger partial charge on any atom is 0.311 e. The Bertz CT molecular complexity index is 1050. The molecular formula is C38H74N2O11. The highest BCUT2D eigenvalue weighted by Gasteiger charge is 2.49. The van der Waals surface area contributed by atoms with Gasteiger partial charge in [-0.2, -0.15) is 0 Å². The van der Waals surface area contributed by atoms with Crippen LogP contribution >= 0.6 is 0 Å². The van der Waals surface area contributed by atoms with Gasteiger partial charge in [-0.15, -0.1) is 0 Å². The lowest BCUT2D eigenvalue weighted by atomic mass is 9.77. The lowest BCUT2D eigenvalue weighted by Crippen LogP contribution is -2.58. The van der Waals surface area contributed by atoms with Crippen molar-refractivity contribution in [2.24, 2.45) is 29.4 Å². The first kappa shape index (κ1) is 46.2. The predicted molar refractivity (Wildman–Crippen MR) is 195 cm³/mol. The number of nitrogens with zero attached hydrogens (tertiary/aromatic N) is 1. The predicted octanol–water partition coefficient (Wildman–Crippen LogP) is 3.21. The maximum absolute atomic E-state index is 14.1. The molecule has 0 spiro atoms. The first-order valence-corrected chi connectivity index (χ1v) is 19.1. The van der Waals surface area contributed by atoms with Crippen LogP contribution < -0.4 is 5.73 Å². The number of nitrogens with two attached hydrogens (primary N) is 1. The molecule has 2 aliphatic rings. The van der Waals surface area contributed by atoms with Crippen molar-refractivity contribution in [3.8, 4) is 0 Å². The van der Waals surface area contributed by atoms with E-state index in [1.807, 2.05) is 53.6 Å². The standard InChI is InChI=1S/C38H74N2O11/c1-15-17-20(3)30(39)23(6)33(42)38(11,45)28(16-2)50-35(44)24(7)32(51-29-19-37(10,46-14)34(43)26(9)48-29)22(5)25(8)49-36-31(41)27(40(12)13)18-21(4)47-36/h20-34,36,41-43,45H,15-19,39H2,1-14H3/t20-,21-,22-,23+,24-,25+,26+,27+,28-,29+,30+,31-,32+,33-,34+,36+,37-,38-/m1/s1. The average molecular weight is 735 g/mol. The maximum atomic E-state index is 14.1. The molecule has 0 saturated carbocycles. The van der Waals surface area contributed by atoms with Gasteiger partial charge in [0, 0.05) is 37.5 Å². The molecule has 51 heavy (non-hydrogen) atoms.